The molecular formula is C25H21N3OS. The Kier molecular flexibility index (Phi) is 3.69. The van der Waals surface area contributed by atoms with Gasteiger partial charge in [-0.1, -0.05) is 32.0 Å². The van der Waals surface area contributed by atoms with E-state index in [1.807, 2.05) is 6.07 Å². The van der Waals surface area contributed by atoms with E-state index in [2.05, 4.69) is 59.9 Å². The molecular weight excluding hydrogens is 390 g/mol. The number of anilines is 1. The van der Waals surface area contributed by atoms with Crippen LogP contribution in [0.25, 0.3) is 21.1 Å². The number of ketones is 1. The van der Waals surface area contributed by atoms with Crippen molar-refractivity contribution in [2.45, 2.75) is 32.6 Å². The predicted molar refractivity (Wildman–Crippen MR) is 122 cm³/mol. The normalized spacial score (nSPS) is 20.2. The summed E-state index contributed by atoms with van der Waals surface area (Å²) in [6.07, 6.45) is 4.89. The van der Waals surface area contributed by atoms with Crippen molar-refractivity contribution in [2.24, 2.45) is 5.41 Å². The lowest BCUT2D eigenvalue weighted by Crippen LogP contribution is -2.34. The molecule has 4 nitrogen and oxygen atoms in total. The zero-order valence-corrected chi connectivity index (χ0v) is 17.7. The number of nitrogens with zero attached hydrogens (tertiary/aromatic N) is 2. The Bertz CT molecular complexity index is 1380. The van der Waals surface area contributed by atoms with Gasteiger partial charge in [-0.2, -0.15) is 0 Å². The molecule has 0 bridgehead atoms. The highest BCUT2D eigenvalue weighted by Crippen LogP contribution is 2.52. The van der Waals surface area contributed by atoms with Crippen LogP contribution in [0, 0.1) is 5.41 Å². The summed E-state index contributed by atoms with van der Waals surface area (Å²) in [7, 11) is 0. The van der Waals surface area contributed by atoms with Gasteiger partial charge in [-0.3, -0.25) is 14.8 Å². The second-order valence-electron chi connectivity index (χ2n) is 9.03. The molecule has 0 amide bonds. The van der Waals surface area contributed by atoms with Gasteiger partial charge < -0.3 is 5.32 Å². The molecule has 0 fully saturated rings. The monoisotopic (exact) mass is 411 g/mol. The zero-order valence-electron chi connectivity index (χ0n) is 16.9. The summed E-state index contributed by atoms with van der Waals surface area (Å²) in [6.45, 7) is 4.35. The first-order valence-corrected chi connectivity index (χ1v) is 11.1. The van der Waals surface area contributed by atoms with Gasteiger partial charge in [0.1, 0.15) is 0 Å². The number of thiophene rings is 1. The van der Waals surface area contributed by atoms with Gasteiger partial charge >= 0.3 is 0 Å². The number of fused-ring (bicyclic) bond motifs is 4. The van der Waals surface area contributed by atoms with Crippen LogP contribution in [-0.4, -0.2) is 15.8 Å². The number of hydrogen-bond acceptors (Lipinski definition) is 5. The fraction of sp³-hybridized carbons (Fsp3) is 0.240. The van der Waals surface area contributed by atoms with Gasteiger partial charge in [0.05, 0.1) is 11.0 Å². The standard InChI is InChI=1S/C25H21N3OS/c1-25(2)11-18-22(19(29)12-25)21(15-13-30-20-6-4-3-5-14(15)20)23-16(28-18)7-8-17-24(23)27-10-9-26-17/h3-10,13,21,28H,11-12H2,1-2H3. The summed E-state index contributed by atoms with van der Waals surface area (Å²) in [4.78, 5) is 22.7. The van der Waals surface area contributed by atoms with E-state index >= 15 is 0 Å². The lowest BCUT2D eigenvalue weighted by molar-refractivity contribution is -0.118. The highest BCUT2D eigenvalue weighted by atomic mass is 32.1. The molecule has 0 spiro atoms. The summed E-state index contributed by atoms with van der Waals surface area (Å²) in [5.74, 6) is 0.108. The maximum Gasteiger partial charge on any atom is 0.162 e. The van der Waals surface area contributed by atoms with Crippen molar-refractivity contribution < 1.29 is 4.79 Å². The van der Waals surface area contributed by atoms with Gasteiger partial charge in [-0.25, -0.2) is 0 Å². The molecule has 6 rings (SSSR count). The molecule has 0 saturated carbocycles. The van der Waals surface area contributed by atoms with Gasteiger partial charge in [0.15, 0.2) is 5.78 Å². The maximum atomic E-state index is 13.5. The van der Waals surface area contributed by atoms with E-state index < -0.39 is 0 Å². The van der Waals surface area contributed by atoms with Crippen molar-refractivity contribution in [3.05, 3.63) is 76.6 Å². The van der Waals surface area contributed by atoms with Crippen molar-refractivity contribution in [1.82, 2.24) is 9.97 Å². The SMILES string of the molecule is CC1(C)CC(=O)C2=C(C1)Nc1ccc3nccnc3c1C2c1csc2ccccc12. The molecule has 1 N–H and O–H groups in total. The molecule has 5 heteroatoms. The fourth-order valence-corrected chi connectivity index (χ4v) is 6.07. The minimum absolute atomic E-state index is 0.0433. The van der Waals surface area contributed by atoms with Crippen LogP contribution in [0.1, 0.15) is 43.7 Å². The minimum atomic E-state index is -0.128. The zero-order chi connectivity index (χ0) is 20.5. The van der Waals surface area contributed by atoms with Crippen LogP contribution in [0.5, 0.6) is 0 Å². The maximum absolute atomic E-state index is 13.5. The highest BCUT2D eigenvalue weighted by molar-refractivity contribution is 7.17. The molecule has 1 unspecified atom stereocenters. The molecule has 2 aliphatic rings. The number of carbonyl (C=O) groups is 1. The molecule has 0 radical (unpaired) electrons. The smallest absolute Gasteiger partial charge is 0.162 e. The first kappa shape index (κ1) is 17.8. The average molecular weight is 412 g/mol. The lowest BCUT2D eigenvalue weighted by Gasteiger charge is -2.39. The highest BCUT2D eigenvalue weighted by Gasteiger charge is 2.42. The van der Waals surface area contributed by atoms with E-state index in [1.54, 1.807) is 23.7 Å². The van der Waals surface area contributed by atoms with Crippen molar-refractivity contribution in [3.63, 3.8) is 0 Å². The molecule has 1 atom stereocenters. The number of aromatic nitrogens is 2. The van der Waals surface area contributed by atoms with Crippen LogP contribution in [0.15, 0.2) is 65.4 Å². The molecule has 148 valence electrons. The Morgan fingerprint density at radius 2 is 1.90 bits per heavy atom. The molecule has 2 aromatic carbocycles. The largest absolute Gasteiger partial charge is 0.358 e. The first-order chi connectivity index (χ1) is 14.5. The third kappa shape index (κ3) is 2.55. The predicted octanol–water partition coefficient (Wildman–Crippen LogP) is 6.05. The van der Waals surface area contributed by atoms with E-state index in [1.165, 1.54) is 15.6 Å². The summed E-state index contributed by atoms with van der Waals surface area (Å²) in [6, 6.07) is 12.6. The van der Waals surface area contributed by atoms with Gasteiger partial charge in [-0.05, 0) is 46.4 Å². The quantitative estimate of drug-likeness (QED) is 0.414. The number of nitrogens with one attached hydrogen (secondary N) is 1. The lowest BCUT2D eigenvalue weighted by atomic mass is 9.68. The molecule has 0 saturated heterocycles. The summed E-state index contributed by atoms with van der Waals surface area (Å²) in [5, 5.41) is 7.04. The fourth-order valence-electron chi connectivity index (χ4n) is 5.08. The first-order valence-electron chi connectivity index (χ1n) is 10.2. The average Bonchev–Trinajstić information content (AvgIpc) is 3.15. The topological polar surface area (TPSA) is 54.9 Å². The second kappa shape index (κ2) is 6.22. The van der Waals surface area contributed by atoms with Gasteiger partial charge in [0.25, 0.3) is 0 Å². The number of rotatable bonds is 1. The number of Topliss-reactive ketones (excluding diaryl/α,β-unsaturated/α-hetero) is 1. The van der Waals surface area contributed by atoms with Crippen molar-refractivity contribution >= 4 is 43.9 Å². The van der Waals surface area contributed by atoms with Gasteiger partial charge in [0.2, 0.25) is 0 Å². The number of carbonyl (C=O) groups excluding carboxylic acids is 1. The van der Waals surface area contributed by atoms with Crippen LogP contribution in [0.4, 0.5) is 5.69 Å². The third-order valence-corrected chi connectivity index (χ3v) is 7.27. The Hall–Kier alpha value is -3.05. The summed E-state index contributed by atoms with van der Waals surface area (Å²) >= 11 is 1.74. The summed E-state index contributed by atoms with van der Waals surface area (Å²) < 4.78 is 1.24. The van der Waals surface area contributed by atoms with E-state index in [4.69, 9.17) is 4.98 Å². The Balaban J connectivity index is 1.70. The van der Waals surface area contributed by atoms with Crippen LogP contribution in [-0.2, 0) is 4.79 Å². The van der Waals surface area contributed by atoms with Crippen molar-refractivity contribution in [2.75, 3.05) is 5.32 Å². The number of hydrogen-bond donors (Lipinski definition) is 1. The van der Waals surface area contributed by atoms with Crippen LogP contribution in [0.2, 0.25) is 0 Å². The van der Waals surface area contributed by atoms with Crippen molar-refractivity contribution in [3.8, 4) is 0 Å². The van der Waals surface area contributed by atoms with Gasteiger partial charge in [-0.15, -0.1) is 11.3 Å². The van der Waals surface area contributed by atoms with Crippen LogP contribution < -0.4 is 5.32 Å². The third-order valence-electron chi connectivity index (χ3n) is 6.28. The van der Waals surface area contributed by atoms with E-state index in [0.29, 0.717) is 6.42 Å². The van der Waals surface area contributed by atoms with Crippen LogP contribution >= 0.6 is 11.3 Å². The molecule has 1 aliphatic heterocycles. The second-order valence-corrected chi connectivity index (χ2v) is 9.94. The molecule has 1 aliphatic carbocycles. The Morgan fingerprint density at radius 1 is 1.07 bits per heavy atom. The van der Waals surface area contributed by atoms with Gasteiger partial charge in [0, 0.05) is 52.0 Å². The molecule has 2 aromatic heterocycles. The molecule has 3 heterocycles. The van der Waals surface area contributed by atoms with E-state index in [-0.39, 0.29) is 17.1 Å². The summed E-state index contributed by atoms with van der Waals surface area (Å²) in [5.41, 5.74) is 6.94. The minimum Gasteiger partial charge on any atom is -0.358 e. The molecule has 30 heavy (non-hydrogen) atoms. The van der Waals surface area contributed by atoms with Crippen LogP contribution in [0.3, 0.4) is 0 Å². The van der Waals surface area contributed by atoms with Crippen molar-refractivity contribution in [1.29, 1.82) is 0 Å². The molecule has 4 aromatic rings. The van der Waals surface area contributed by atoms with E-state index in [0.717, 1.165) is 40.0 Å². The number of benzene rings is 2. The Morgan fingerprint density at radius 3 is 2.80 bits per heavy atom. The van der Waals surface area contributed by atoms with E-state index in [9.17, 15) is 4.79 Å². The number of allylic oxidation sites excluding steroid dienone is 2. The Labute approximate surface area is 178 Å².